The van der Waals surface area contributed by atoms with Crippen LogP contribution in [0.4, 0.5) is 34.1 Å². The predicted molar refractivity (Wildman–Crippen MR) is 246 cm³/mol. The second-order valence-electron chi connectivity index (χ2n) is 16.9. The van der Waals surface area contributed by atoms with Gasteiger partial charge in [0, 0.05) is 55.7 Å². The van der Waals surface area contributed by atoms with E-state index in [4.69, 9.17) is 0 Å². The van der Waals surface area contributed by atoms with Gasteiger partial charge in [0.15, 0.2) is 0 Å². The van der Waals surface area contributed by atoms with Crippen molar-refractivity contribution in [3.8, 4) is 0 Å². The summed E-state index contributed by atoms with van der Waals surface area (Å²) in [6.45, 7) is 15.8. The van der Waals surface area contributed by atoms with Gasteiger partial charge in [0.1, 0.15) is 0 Å². The third-order valence-electron chi connectivity index (χ3n) is 12.1. The first-order valence-corrected chi connectivity index (χ1v) is 20.1. The van der Waals surface area contributed by atoms with E-state index in [0.717, 1.165) is 11.4 Å². The molecule has 0 N–H and O–H groups in total. The van der Waals surface area contributed by atoms with Gasteiger partial charge >= 0.3 is 0 Å². The van der Waals surface area contributed by atoms with Gasteiger partial charge in [0.2, 0.25) is 0 Å². The zero-order chi connectivity index (χ0) is 39.2. The molecule has 0 unspecified atom stereocenters. The summed E-state index contributed by atoms with van der Waals surface area (Å²) in [7, 11) is 0. The van der Waals surface area contributed by atoms with Gasteiger partial charge in [-0.1, -0.05) is 112 Å². The molecule has 3 nitrogen and oxygen atoms in total. The minimum Gasteiger partial charge on any atom is -0.310 e. The first kappa shape index (κ1) is 34.9. The number of fused-ring (bicyclic) bond motifs is 8. The largest absolute Gasteiger partial charge is 0.310 e. The molecule has 0 bridgehead atoms. The number of aromatic nitrogens is 1. The van der Waals surface area contributed by atoms with Crippen molar-refractivity contribution in [3.05, 3.63) is 186 Å². The van der Waals surface area contributed by atoms with E-state index in [1.165, 1.54) is 99.4 Å². The van der Waals surface area contributed by atoms with E-state index >= 15 is 0 Å². The summed E-state index contributed by atoms with van der Waals surface area (Å²) in [6, 6.07) is 58.6. The second kappa shape index (κ2) is 13.0. The molecule has 10 aromatic rings. The lowest BCUT2D eigenvalue weighted by Gasteiger charge is -2.28. The Balaban J connectivity index is 1.30. The molecule has 2 aromatic heterocycles. The summed E-state index contributed by atoms with van der Waals surface area (Å²) in [6.07, 6.45) is 0. The lowest BCUT2D eigenvalue weighted by molar-refractivity contribution is 0.591. The summed E-state index contributed by atoms with van der Waals surface area (Å²) < 4.78 is 2.55. The Morgan fingerprint density at radius 2 is 0.895 bits per heavy atom. The number of aryl methyl sites for hydroxylation is 4. The van der Waals surface area contributed by atoms with E-state index in [2.05, 4.69) is 220 Å². The maximum absolute atomic E-state index is 2.55. The Morgan fingerprint density at radius 3 is 1.40 bits per heavy atom. The van der Waals surface area contributed by atoms with Crippen LogP contribution in [-0.2, 0) is 5.41 Å². The molecule has 3 heteroatoms. The first-order valence-electron chi connectivity index (χ1n) is 20.1. The molecule has 57 heavy (non-hydrogen) atoms. The average Bonchev–Trinajstić information content (AvgIpc) is 3.72. The Morgan fingerprint density at radius 1 is 0.404 bits per heavy atom. The van der Waals surface area contributed by atoms with E-state index in [1.807, 2.05) is 0 Å². The number of benzene rings is 8. The van der Waals surface area contributed by atoms with Crippen LogP contribution in [0.2, 0.25) is 0 Å². The Hall–Kier alpha value is -6.58. The quantitative estimate of drug-likeness (QED) is 0.168. The van der Waals surface area contributed by atoms with Crippen molar-refractivity contribution in [2.75, 3.05) is 9.80 Å². The predicted octanol–water partition coefficient (Wildman–Crippen LogP) is 15.5. The van der Waals surface area contributed by atoms with Crippen LogP contribution in [0.1, 0.15) is 48.6 Å². The normalized spacial score (nSPS) is 12.1. The van der Waals surface area contributed by atoms with Crippen LogP contribution >= 0.6 is 0 Å². The van der Waals surface area contributed by atoms with Gasteiger partial charge in [-0.05, 0) is 138 Å². The van der Waals surface area contributed by atoms with Crippen molar-refractivity contribution in [1.82, 2.24) is 4.40 Å². The molecule has 8 aromatic carbocycles. The SMILES string of the molecule is Cc1ccccc1N(c1ccc2cc3c4ccc(N(c5ccccc5C)c5ccccc5C)cc4n4c5ccc(C(C)(C)C)cc5c(c2c1)c34)c1ccccc1C. The van der Waals surface area contributed by atoms with Crippen molar-refractivity contribution in [2.45, 2.75) is 53.9 Å². The van der Waals surface area contributed by atoms with Crippen molar-refractivity contribution >= 4 is 83.0 Å². The molecule has 0 radical (unpaired) electrons. The zero-order valence-corrected chi connectivity index (χ0v) is 33.9. The standard InChI is InChI=1S/C54H47N3/c1-34-16-8-12-20-46(34)55(47-21-13-9-17-35(47)2)40-26-24-38-30-44-42-28-27-41(56(48-22-14-10-18-36(48)3)49-23-15-11-19-37(49)4)33-51(42)57-50-29-25-39(54(5,6)7)31-45(50)52(53(44)57)43(38)32-40/h8-33H,1-7H3. The molecule has 0 saturated heterocycles. The first-order chi connectivity index (χ1) is 27.6. The summed E-state index contributed by atoms with van der Waals surface area (Å²) in [5.41, 5.74) is 17.1. The summed E-state index contributed by atoms with van der Waals surface area (Å²) in [5, 5.41) is 7.67. The monoisotopic (exact) mass is 737 g/mol. The number of rotatable bonds is 6. The molecule has 0 aliphatic heterocycles. The fraction of sp³-hybridized carbons (Fsp3) is 0.148. The van der Waals surface area contributed by atoms with E-state index in [1.54, 1.807) is 0 Å². The molecule has 0 saturated carbocycles. The van der Waals surface area contributed by atoms with Gasteiger partial charge in [0.05, 0.1) is 16.6 Å². The highest BCUT2D eigenvalue weighted by Gasteiger charge is 2.25. The molecule has 0 spiro atoms. The van der Waals surface area contributed by atoms with Crippen molar-refractivity contribution in [2.24, 2.45) is 0 Å². The topological polar surface area (TPSA) is 10.9 Å². The molecular weight excluding hydrogens is 691 g/mol. The number of para-hydroxylation sites is 4. The third-order valence-corrected chi connectivity index (χ3v) is 12.1. The highest BCUT2D eigenvalue weighted by atomic mass is 15.2. The van der Waals surface area contributed by atoms with Crippen LogP contribution in [0.5, 0.6) is 0 Å². The molecule has 10 rings (SSSR count). The van der Waals surface area contributed by atoms with E-state index in [0.29, 0.717) is 0 Å². The molecular formula is C54H47N3. The van der Waals surface area contributed by atoms with Gasteiger partial charge < -0.3 is 14.2 Å². The highest BCUT2D eigenvalue weighted by molar-refractivity contribution is 6.32. The van der Waals surface area contributed by atoms with Crippen LogP contribution in [0.3, 0.4) is 0 Å². The summed E-state index contributed by atoms with van der Waals surface area (Å²) in [4.78, 5) is 4.87. The minimum absolute atomic E-state index is 0.00441. The Bertz CT molecular complexity index is 3080. The molecule has 0 atom stereocenters. The Labute approximate surface area is 335 Å². The van der Waals surface area contributed by atoms with Gasteiger partial charge in [-0.2, -0.15) is 0 Å². The van der Waals surface area contributed by atoms with Gasteiger partial charge in [-0.15, -0.1) is 0 Å². The lowest BCUT2D eigenvalue weighted by atomic mass is 9.86. The van der Waals surface area contributed by atoms with E-state index in [-0.39, 0.29) is 5.41 Å². The number of hydrogen-bond donors (Lipinski definition) is 0. The fourth-order valence-electron chi connectivity index (χ4n) is 9.14. The van der Waals surface area contributed by atoms with E-state index < -0.39 is 0 Å². The molecule has 0 aliphatic rings. The van der Waals surface area contributed by atoms with E-state index in [9.17, 15) is 0 Å². The smallest absolute Gasteiger partial charge is 0.0627 e. The second-order valence-corrected chi connectivity index (χ2v) is 16.9. The summed E-state index contributed by atoms with van der Waals surface area (Å²) in [5.74, 6) is 0. The minimum atomic E-state index is 0.00441. The third kappa shape index (κ3) is 5.48. The maximum atomic E-state index is 2.55. The van der Waals surface area contributed by atoms with Crippen LogP contribution in [-0.4, -0.2) is 4.40 Å². The van der Waals surface area contributed by atoms with Crippen molar-refractivity contribution in [1.29, 1.82) is 0 Å². The highest BCUT2D eigenvalue weighted by Crippen LogP contribution is 2.48. The van der Waals surface area contributed by atoms with Crippen LogP contribution in [0.15, 0.2) is 158 Å². The number of hydrogen-bond acceptors (Lipinski definition) is 2. The molecule has 0 fully saturated rings. The molecule has 2 heterocycles. The van der Waals surface area contributed by atoms with Crippen LogP contribution in [0, 0.1) is 27.7 Å². The number of anilines is 6. The molecule has 278 valence electrons. The summed E-state index contributed by atoms with van der Waals surface area (Å²) >= 11 is 0. The lowest BCUT2D eigenvalue weighted by Crippen LogP contribution is -2.12. The van der Waals surface area contributed by atoms with Crippen molar-refractivity contribution < 1.29 is 0 Å². The van der Waals surface area contributed by atoms with Crippen LogP contribution in [0.25, 0.3) is 48.9 Å². The van der Waals surface area contributed by atoms with Gasteiger partial charge in [-0.3, -0.25) is 0 Å². The average molecular weight is 738 g/mol. The van der Waals surface area contributed by atoms with Gasteiger partial charge in [0.25, 0.3) is 0 Å². The molecule has 0 amide bonds. The zero-order valence-electron chi connectivity index (χ0n) is 33.9. The Kier molecular flexibility index (Phi) is 7.95. The maximum Gasteiger partial charge on any atom is 0.0627 e. The molecule has 0 aliphatic carbocycles. The number of nitrogens with zero attached hydrogens (tertiary/aromatic N) is 3. The van der Waals surface area contributed by atoms with Gasteiger partial charge in [-0.25, -0.2) is 0 Å². The fourth-order valence-corrected chi connectivity index (χ4v) is 9.14. The van der Waals surface area contributed by atoms with Crippen molar-refractivity contribution in [3.63, 3.8) is 0 Å². The van der Waals surface area contributed by atoms with Crippen LogP contribution < -0.4 is 9.80 Å².